The fourth-order valence-electron chi connectivity index (χ4n) is 1.41. The average Bonchev–Trinajstić information content (AvgIpc) is 2.40. The second-order valence-electron chi connectivity index (χ2n) is 3.53. The first-order valence-corrected chi connectivity index (χ1v) is 5.94. The van der Waals surface area contributed by atoms with E-state index in [0.717, 1.165) is 5.56 Å². The quantitative estimate of drug-likeness (QED) is 0.668. The molecule has 0 spiro atoms. The van der Waals surface area contributed by atoms with Crippen molar-refractivity contribution in [3.05, 3.63) is 52.1 Å². The van der Waals surface area contributed by atoms with E-state index in [4.69, 9.17) is 33.8 Å². The van der Waals surface area contributed by atoms with Crippen LogP contribution in [0.1, 0.15) is 5.56 Å². The molecule has 18 heavy (non-hydrogen) atoms. The maximum absolute atomic E-state index is 5.92. The normalized spacial score (nSPS) is 10.2. The van der Waals surface area contributed by atoms with E-state index in [9.17, 15) is 0 Å². The molecule has 0 saturated heterocycles. The Bertz CT molecular complexity index is 549. The van der Waals surface area contributed by atoms with Crippen molar-refractivity contribution in [2.24, 2.45) is 5.84 Å². The molecule has 0 atom stereocenters. The largest absolute Gasteiger partial charge is 0.485 e. The lowest BCUT2D eigenvalue weighted by Crippen LogP contribution is -2.10. The van der Waals surface area contributed by atoms with E-state index in [0.29, 0.717) is 28.2 Å². The van der Waals surface area contributed by atoms with Crippen LogP contribution in [0, 0.1) is 0 Å². The molecule has 94 valence electrons. The molecule has 0 aliphatic rings. The highest BCUT2D eigenvalue weighted by Gasteiger charge is 2.04. The van der Waals surface area contributed by atoms with Gasteiger partial charge in [0.2, 0.25) is 0 Å². The molecule has 0 bridgehead atoms. The summed E-state index contributed by atoms with van der Waals surface area (Å²) >= 11 is 11.8. The number of hydrogen-bond acceptors (Lipinski definition) is 4. The lowest BCUT2D eigenvalue weighted by molar-refractivity contribution is 0.306. The molecule has 0 aliphatic heterocycles. The fraction of sp³-hybridized carbons (Fsp3) is 0.0833. The molecular weight excluding hydrogens is 273 g/mol. The number of benzene rings is 1. The van der Waals surface area contributed by atoms with E-state index < -0.39 is 0 Å². The summed E-state index contributed by atoms with van der Waals surface area (Å²) in [7, 11) is 0. The fourth-order valence-corrected chi connectivity index (χ4v) is 1.73. The first-order chi connectivity index (χ1) is 8.70. The topological polar surface area (TPSA) is 60.2 Å². The second kappa shape index (κ2) is 5.91. The molecule has 1 aromatic heterocycles. The average molecular weight is 284 g/mol. The Labute approximate surface area is 115 Å². The maximum Gasteiger partial charge on any atom is 0.182 e. The van der Waals surface area contributed by atoms with Gasteiger partial charge in [-0.1, -0.05) is 29.3 Å². The molecule has 0 radical (unpaired) electrons. The smallest absolute Gasteiger partial charge is 0.182 e. The van der Waals surface area contributed by atoms with Gasteiger partial charge in [0.15, 0.2) is 11.6 Å². The number of rotatable bonds is 4. The van der Waals surface area contributed by atoms with Gasteiger partial charge in [-0.05, 0) is 29.8 Å². The molecule has 3 N–H and O–H groups in total. The maximum atomic E-state index is 5.92. The van der Waals surface area contributed by atoms with Crippen LogP contribution in [0.15, 0.2) is 36.5 Å². The van der Waals surface area contributed by atoms with Crippen molar-refractivity contribution in [1.29, 1.82) is 0 Å². The number of hydrazine groups is 1. The van der Waals surface area contributed by atoms with E-state index >= 15 is 0 Å². The molecule has 2 rings (SSSR count). The van der Waals surface area contributed by atoms with Gasteiger partial charge in [0.25, 0.3) is 0 Å². The van der Waals surface area contributed by atoms with Gasteiger partial charge in [0.05, 0.1) is 10.0 Å². The van der Waals surface area contributed by atoms with Crippen LogP contribution in [-0.4, -0.2) is 4.98 Å². The predicted molar refractivity (Wildman–Crippen MR) is 72.8 cm³/mol. The van der Waals surface area contributed by atoms with Crippen molar-refractivity contribution in [1.82, 2.24) is 4.98 Å². The molecule has 0 fully saturated rings. The summed E-state index contributed by atoms with van der Waals surface area (Å²) in [5.74, 6) is 6.39. The van der Waals surface area contributed by atoms with Crippen LogP contribution in [-0.2, 0) is 6.61 Å². The number of nitrogens with zero attached hydrogens (tertiary/aromatic N) is 1. The van der Waals surface area contributed by atoms with Gasteiger partial charge >= 0.3 is 0 Å². The van der Waals surface area contributed by atoms with Crippen LogP contribution in [0.5, 0.6) is 5.75 Å². The van der Waals surface area contributed by atoms with Crippen LogP contribution in [0.2, 0.25) is 10.0 Å². The monoisotopic (exact) mass is 283 g/mol. The minimum atomic E-state index is 0.358. The third kappa shape index (κ3) is 3.04. The van der Waals surface area contributed by atoms with E-state index in [2.05, 4.69) is 10.4 Å². The van der Waals surface area contributed by atoms with E-state index in [1.54, 1.807) is 30.5 Å². The summed E-state index contributed by atoms with van der Waals surface area (Å²) in [5.41, 5.74) is 3.38. The zero-order chi connectivity index (χ0) is 13.0. The molecule has 1 heterocycles. The second-order valence-corrected chi connectivity index (χ2v) is 4.35. The van der Waals surface area contributed by atoms with E-state index in [1.165, 1.54) is 0 Å². The SMILES string of the molecule is NNc1ncccc1OCc1ccc(Cl)c(Cl)c1. The van der Waals surface area contributed by atoms with Gasteiger partial charge in [0, 0.05) is 6.20 Å². The standard InChI is InChI=1S/C12H11Cl2N3O/c13-9-4-3-8(6-10(9)14)7-18-11-2-1-5-16-12(11)17-15/h1-6H,7,15H2,(H,16,17). The van der Waals surface area contributed by atoms with Crippen molar-refractivity contribution >= 4 is 29.0 Å². The number of nitrogens with one attached hydrogen (secondary N) is 1. The van der Waals surface area contributed by atoms with Crippen molar-refractivity contribution in [3.8, 4) is 5.75 Å². The van der Waals surface area contributed by atoms with Gasteiger partial charge in [-0.15, -0.1) is 0 Å². The van der Waals surface area contributed by atoms with Crippen LogP contribution < -0.4 is 16.0 Å². The molecule has 1 aromatic carbocycles. The third-order valence-corrected chi connectivity index (χ3v) is 3.02. The highest BCUT2D eigenvalue weighted by molar-refractivity contribution is 6.42. The summed E-state index contributed by atoms with van der Waals surface area (Å²) in [6.45, 7) is 0.358. The third-order valence-electron chi connectivity index (χ3n) is 2.29. The zero-order valence-corrected chi connectivity index (χ0v) is 10.9. The Balaban J connectivity index is 2.09. The number of aromatic nitrogens is 1. The molecular formula is C12H11Cl2N3O. The Hall–Kier alpha value is -1.49. The van der Waals surface area contributed by atoms with Crippen LogP contribution in [0.3, 0.4) is 0 Å². The molecule has 4 nitrogen and oxygen atoms in total. The number of anilines is 1. The lowest BCUT2D eigenvalue weighted by atomic mass is 10.2. The van der Waals surface area contributed by atoms with Gasteiger partial charge < -0.3 is 10.2 Å². The Morgan fingerprint density at radius 2 is 2.06 bits per heavy atom. The number of pyridine rings is 1. The Morgan fingerprint density at radius 3 is 2.78 bits per heavy atom. The van der Waals surface area contributed by atoms with E-state index in [1.807, 2.05) is 6.07 Å². The first kappa shape index (κ1) is 13.0. The highest BCUT2D eigenvalue weighted by Crippen LogP contribution is 2.25. The zero-order valence-electron chi connectivity index (χ0n) is 9.36. The molecule has 0 unspecified atom stereocenters. The van der Waals surface area contributed by atoms with Gasteiger partial charge in [0.1, 0.15) is 6.61 Å². The first-order valence-electron chi connectivity index (χ1n) is 5.19. The van der Waals surface area contributed by atoms with Crippen molar-refractivity contribution in [2.45, 2.75) is 6.61 Å². The summed E-state index contributed by atoms with van der Waals surface area (Å²) < 4.78 is 5.60. The summed E-state index contributed by atoms with van der Waals surface area (Å²) in [6.07, 6.45) is 1.63. The molecule has 0 aliphatic carbocycles. The number of ether oxygens (including phenoxy) is 1. The van der Waals surface area contributed by atoms with Crippen LogP contribution in [0.4, 0.5) is 5.82 Å². The predicted octanol–water partition coefficient (Wildman–Crippen LogP) is 3.25. The van der Waals surface area contributed by atoms with Gasteiger partial charge in [-0.2, -0.15) is 0 Å². The van der Waals surface area contributed by atoms with Crippen molar-refractivity contribution in [3.63, 3.8) is 0 Å². The summed E-state index contributed by atoms with van der Waals surface area (Å²) in [5, 5.41) is 1.02. The lowest BCUT2D eigenvalue weighted by Gasteiger charge is -2.10. The molecule has 6 heteroatoms. The highest BCUT2D eigenvalue weighted by atomic mass is 35.5. The summed E-state index contributed by atoms with van der Waals surface area (Å²) in [6, 6.07) is 8.88. The van der Waals surface area contributed by atoms with E-state index in [-0.39, 0.29) is 0 Å². The molecule has 0 amide bonds. The minimum absolute atomic E-state index is 0.358. The van der Waals surface area contributed by atoms with Gasteiger partial charge in [-0.25, -0.2) is 10.8 Å². The minimum Gasteiger partial charge on any atom is -0.485 e. The summed E-state index contributed by atoms with van der Waals surface area (Å²) in [4.78, 5) is 4.03. The Morgan fingerprint density at radius 1 is 1.22 bits per heavy atom. The molecule has 0 saturated carbocycles. The number of hydrogen-bond donors (Lipinski definition) is 2. The number of nitrogen functional groups attached to an aromatic ring is 1. The molecule has 2 aromatic rings. The van der Waals surface area contributed by atoms with Gasteiger partial charge in [-0.3, -0.25) is 0 Å². The number of halogens is 2. The Kier molecular flexibility index (Phi) is 4.25. The number of nitrogens with two attached hydrogens (primary N) is 1. The van der Waals surface area contributed by atoms with Crippen molar-refractivity contribution < 1.29 is 4.74 Å². The van der Waals surface area contributed by atoms with Crippen LogP contribution in [0.25, 0.3) is 0 Å². The van der Waals surface area contributed by atoms with Crippen LogP contribution >= 0.6 is 23.2 Å². The van der Waals surface area contributed by atoms with Crippen molar-refractivity contribution in [2.75, 3.05) is 5.43 Å².